The third-order valence-corrected chi connectivity index (χ3v) is 1.83. The van der Waals surface area contributed by atoms with Gasteiger partial charge in [-0.3, -0.25) is 14.7 Å². The fourth-order valence-electron chi connectivity index (χ4n) is 1.16. The number of carboxylic acids is 1. The first kappa shape index (κ1) is 9.13. The van der Waals surface area contributed by atoms with Crippen molar-refractivity contribution in [1.29, 1.82) is 0 Å². The Bertz CT molecular complexity index is 470. The summed E-state index contributed by atoms with van der Waals surface area (Å²) in [6.45, 7) is 0. The van der Waals surface area contributed by atoms with Crippen LogP contribution >= 0.6 is 0 Å². The van der Waals surface area contributed by atoms with Crippen LogP contribution in [0.5, 0.6) is 0 Å². The van der Waals surface area contributed by atoms with Gasteiger partial charge in [0.05, 0.1) is 0 Å². The van der Waals surface area contributed by atoms with Gasteiger partial charge >= 0.3 is 5.97 Å². The van der Waals surface area contributed by atoms with E-state index in [1.807, 2.05) is 0 Å². The number of imide groups is 1. The van der Waals surface area contributed by atoms with E-state index >= 15 is 0 Å². The normalized spacial score (nSPS) is 15.1. The summed E-state index contributed by atoms with van der Waals surface area (Å²) in [6.07, 6.45) is 2.19. The smallest absolute Gasteiger partial charge is 0.353 e. The van der Waals surface area contributed by atoms with Gasteiger partial charge in [0.25, 0.3) is 11.8 Å². The van der Waals surface area contributed by atoms with E-state index in [1.54, 1.807) is 0 Å². The number of hydrogen-bond acceptors (Lipinski definition) is 4. The van der Waals surface area contributed by atoms with Crippen LogP contribution in [0, 0.1) is 0 Å². The van der Waals surface area contributed by atoms with Crippen LogP contribution in [0.4, 0.5) is 5.82 Å². The van der Waals surface area contributed by atoms with E-state index in [2.05, 4.69) is 10.2 Å². The fourth-order valence-corrected chi connectivity index (χ4v) is 1.16. The first-order valence-electron chi connectivity index (χ1n) is 3.94. The Kier molecular flexibility index (Phi) is 1.86. The summed E-state index contributed by atoms with van der Waals surface area (Å²) >= 11 is 0. The molecule has 0 atom stereocenters. The van der Waals surface area contributed by atoms with Crippen molar-refractivity contribution in [2.24, 2.45) is 0 Å². The molecule has 7 heteroatoms. The molecule has 0 unspecified atom stereocenters. The second-order valence-electron chi connectivity index (χ2n) is 2.79. The molecule has 1 aliphatic rings. The lowest BCUT2D eigenvalue weighted by Gasteiger charge is -2.08. The number of nitrogens with one attached hydrogen (secondary N) is 1. The molecule has 0 fully saturated rings. The van der Waals surface area contributed by atoms with E-state index < -0.39 is 17.8 Å². The molecule has 15 heavy (non-hydrogen) atoms. The Morgan fingerprint density at radius 1 is 1.33 bits per heavy atom. The number of anilines is 1. The third-order valence-electron chi connectivity index (χ3n) is 1.83. The number of carbonyl (C=O) groups excluding carboxylic acids is 2. The van der Waals surface area contributed by atoms with Crippen molar-refractivity contribution in [3.63, 3.8) is 0 Å². The lowest BCUT2D eigenvalue weighted by molar-refractivity contribution is -0.120. The zero-order valence-corrected chi connectivity index (χ0v) is 7.30. The average molecular weight is 207 g/mol. The van der Waals surface area contributed by atoms with Crippen LogP contribution in [0.1, 0.15) is 10.5 Å². The van der Waals surface area contributed by atoms with Gasteiger partial charge in [0.2, 0.25) is 0 Å². The maximum atomic E-state index is 11.2. The molecule has 1 aromatic rings. The number of rotatable bonds is 2. The Balaban J connectivity index is 2.34. The van der Waals surface area contributed by atoms with Gasteiger partial charge < -0.3 is 5.11 Å². The molecule has 7 nitrogen and oxygen atoms in total. The summed E-state index contributed by atoms with van der Waals surface area (Å²) in [5, 5.41) is 14.4. The number of H-pyrrole nitrogens is 1. The molecule has 0 aromatic carbocycles. The molecule has 1 aromatic heterocycles. The minimum absolute atomic E-state index is 0.0209. The maximum absolute atomic E-state index is 11.2. The molecule has 2 amide bonds. The maximum Gasteiger partial charge on any atom is 0.353 e. The summed E-state index contributed by atoms with van der Waals surface area (Å²) < 4.78 is 0. The summed E-state index contributed by atoms with van der Waals surface area (Å²) in [5.74, 6) is -2.31. The number of aromatic amines is 1. The molecule has 0 saturated carbocycles. The summed E-state index contributed by atoms with van der Waals surface area (Å²) in [5.41, 5.74) is -0.183. The molecular weight excluding hydrogens is 202 g/mol. The van der Waals surface area contributed by atoms with Gasteiger partial charge in [-0.15, -0.1) is 0 Å². The SMILES string of the molecule is O=C(O)c1cc(N2C(=O)C=CC2=O)n[nH]1. The van der Waals surface area contributed by atoms with Gasteiger partial charge in [-0.1, -0.05) is 0 Å². The topological polar surface area (TPSA) is 103 Å². The second-order valence-corrected chi connectivity index (χ2v) is 2.79. The second kappa shape index (κ2) is 3.05. The van der Waals surface area contributed by atoms with Crippen LogP contribution in [0.15, 0.2) is 18.2 Å². The van der Waals surface area contributed by atoms with Crippen molar-refractivity contribution < 1.29 is 19.5 Å². The highest BCUT2D eigenvalue weighted by molar-refractivity contribution is 6.27. The zero-order chi connectivity index (χ0) is 11.0. The van der Waals surface area contributed by atoms with Crippen LogP contribution in [0.25, 0.3) is 0 Å². The van der Waals surface area contributed by atoms with Crippen LogP contribution in [0.3, 0.4) is 0 Å². The molecule has 2 heterocycles. The molecule has 0 saturated heterocycles. The number of hydrogen-bond donors (Lipinski definition) is 2. The minimum Gasteiger partial charge on any atom is -0.477 e. The molecule has 0 radical (unpaired) electrons. The predicted octanol–water partition coefficient (Wildman–Crippen LogP) is -0.463. The van der Waals surface area contributed by atoms with Crippen LogP contribution in [0.2, 0.25) is 0 Å². The van der Waals surface area contributed by atoms with Crippen LogP contribution in [-0.2, 0) is 9.59 Å². The molecule has 76 valence electrons. The Hall–Kier alpha value is -2.44. The fraction of sp³-hybridized carbons (Fsp3) is 0. The highest BCUT2D eigenvalue weighted by atomic mass is 16.4. The van der Waals surface area contributed by atoms with Gasteiger partial charge in [0.15, 0.2) is 5.82 Å². The number of nitrogens with zero attached hydrogens (tertiary/aromatic N) is 2. The highest BCUT2D eigenvalue weighted by Gasteiger charge is 2.27. The van der Waals surface area contributed by atoms with Crippen LogP contribution < -0.4 is 4.90 Å². The average Bonchev–Trinajstić information content (AvgIpc) is 2.73. The van der Waals surface area contributed by atoms with E-state index in [0.717, 1.165) is 23.1 Å². The Morgan fingerprint density at radius 2 is 1.93 bits per heavy atom. The van der Waals surface area contributed by atoms with E-state index in [1.165, 1.54) is 0 Å². The predicted molar refractivity (Wildman–Crippen MR) is 47.2 cm³/mol. The Morgan fingerprint density at radius 3 is 2.40 bits per heavy atom. The van der Waals surface area contributed by atoms with Crippen molar-refractivity contribution in [2.75, 3.05) is 4.90 Å². The standard InChI is InChI=1S/C8H5N3O4/c12-6-1-2-7(13)11(6)5-3-4(8(14)15)9-10-5/h1-3H,(H,9,10)(H,14,15). The zero-order valence-electron chi connectivity index (χ0n) is 7.30. The summed E-state index contributed by atoms with van der Waals surface area (Å²) in [4.78, 5) is 33.7. The number of amides is 2. The van der Waals surface area contributed by atoms with E-state index in [0.29, 0.717) is 0 Å². The van der Waals surface area contributed by atoms with E-state index in [9.17, 15) is 14.4 Å². The monoisotopic (exact) mass is 207 g/mol. The van der Waals surface area contributed by atoms with Crippen molar-refractivity contribution in [3.8, 4) is 0 Å². The van der Waals surface area contributed by atoms with E-state index in [-0.39, 0.29) is 11.5 Å². The molecular formula is C8H5N3O4. The largest absolute Gasteiger partial charge is 0.477 e. The lowest BCUT2D eigenvalue weighted by atomic mass is 10.4. The number of aromatic carboxylic acids is 1. The summed E-state index contributed by atoms with van der Waals surface area (Å²) in [7, 11) is 0. The van der Waals surface area contributed by atoms with Crippen molar-refractivity contribution in [1.82, 2.24) is 10.2 Å². The number of carbonyl (C=O) groups is 3. The molecule has 1 aliphatic heterocycles. The van der Waals surface area contributed by atoms with Gasteiger partial charge in [0, 0.05) is 18.2 Å². The van der Waals surface area contributed by atoms with Gasteiger partial charge in [-0.25, -0.2) is 9.69 Å². The number of aromatic nitrogens is 2. The van der Waals surface area contributed by atoms with E-state index in [4.69, 9.17) is 5.11 Å². The molecule has 2 N–H and O–H groups in total. The van der Waals surface area contributed by atoms with Crippen molar-refractivity contribution in [3.05, 3.63) is 23.9 Å². The molecule has 0 bridgehead atoms. The first-order valence-corrected chi connectivity index (χ1v) is 3.94. The summed E-state index contributed by atoms with van der Waals surface area (Å²) in [6, 6.07) is 1.12. The molecule has 0 spiro atoms. The molecule has 2 rings (SSSR count). The Labute approximate surface area is 83.0 Å². The van der Waals surface area contributed by atoms with Gasteiger partial charge in [-0.05, 0) is 0 Å². The first-order chi connectivity index (χ1) is 7.09. The minimum atomic E-state index is -1.21. The quantitative estimate of drug-likeness (QED) is 0.638. The number of carboxylic acid groups (broad SMARTS) is 1. The van der Waals surface area contributed by atoms with Gasteiger partial charge in [-0.2, -0.15) is 5.10 Å². The van der Waals surface area contributed by atoms with Crippen LogP contribution in [-0.4, -0.2) is 33.1 Å². The van der Waals surface area contributed by atoms with Gasteiger partial charge in [0.1, 0.15) is 5.69 Å². The highest BCUT2D eigenvalue weighted by Crippen LogP contribution is 2.16. The third kappa shape index (κ3) is 1.39. The lowest BCUT2D eigenvalue weighted by Crippen LogP contribution is -2.29. The molecule has 0 aliphatic carbocycles. The van der Waals surface area contributed by atoms with Crippen molar-refractivity contribution >= 4 is 23.6 Å². The van der Waals surface area contributed by atoms with Crippen molar-refractivity contribution in [2.45, 2.75) is 0 Å².